The second-order valence-corrected chi connectivity index (χ2v) is 4.80. The van der Waals surface area contributed by atoms with Crippen LogP contribution in [0.5, 0.6) is 0 Å². The number of hydrogen-bond donors (Lipinski definition) is 2. The minimum Gasteiger partial charge on any atom is -0.388 e. The Morgan fingerprint density at radius 2 is 2.22 bits per heavy atom. The number of β-amino-alcohol motifs (C(OH)–C–C–N with tert-alkyl or cyclic N) is 1. The molecule has 1 aliphatic heterocycles. The van der Waals surface area contributed by atoms with Gasteiger partial charge in [-0.2, -0.15) is 0 Å². The molecule has 2 N–H and O–H groups in total. The highest BCUT2D eigenvalue weighted by molar-refractivity contribution is 5.76. The second kappa shape index (κ2) is 4.41. The standard InChI is InChI=1S/C11H15N3O4/c1-11(18)4-5-13(7-11)10(17)6-14-9(16)3-2-8(15)12-14/h2-3,18H,4-7H2,1H3,(H,12,15). The highest BCUT2D eigenvalue weighted by atomic mass is 16.3. The molecule has 7 heteroatoms. The van der Waals surface area contributed by atoms with Gasteiger partial charge in [0.15, 0.2) is 0 Å². The van der Waals surface area contributed by atoms with Gasteiger partial charge in [-0.25, -0.2) is 4.68 Å². The third-order valence-electron chi connectivity index (χ3n) is 2.99. The number of carbonyl (C=O) groups is 1. The first-order chi connectivity index (χ1) is 8.37. The van der Waals surface area contributed by atoms with E-state index >= 15 is 0 Å². The number of aliphatic hydroxyl groups is 1. The van der Waals surface area contributed by atoms with Gasteiger partial charge in [0.05, 0.1) is 5.60 Å². The van der Waals surface area contributed by atoms with Crippen LogP contribution in [-0.2, 0) is 11.3 Å². The molecule has 2 rings (SSSR count). The zero-order valence-corrected chi connectivity index (χ0v) is 10.0. The van der Waals surface area contributed by atoms with Crippen LogP contribution < -0.4 is 11.1 Å². The highest BCUT2D eigenvalue weighted by Gasteiger charge is 2.33. The summed E-state index contributed by atoms with van der Waals surface area (Å²) in [5, 5.41) is 12.0. The molecule has 2 heterocycles. The molecule has 1 atom stereocenters. The van der Waals surface area contributed by atoms with E-state index < -0.39 is 16.7 Å². The monoisotopic (exact) mass is 253 g/mol. The summed E-state index contributed by atoms with van der Waals surface area (Å²) in [7, 11) is 0. The van der Waals surface area contributed by atoms with Crippen molar-refractivity contribution in [3.63, 3.8) is 0 Å². The number of nitrogens with zero attached hydrogens (tertiary/aromatic N) is 2. The predicted molar refractivity (Wildman–Crippen MR) is 63.1 cm³/mol. The molecule has 1 aromatic heterocycles. The van der Waals surface area contributed by atoms with E-state index in [1.54, 1.807) is 6.92 Å². The first kappa shape index (κ1) is 12.6. The van der Waals surface area contributed by atoms with Gasteiger partial charge in [-0.3, -0.25) is 19.5 Å². The molecule has 7 nitrogen and oxygen atoms in total. The lowest BCUT2D eigenvalue weighted by Gasteiger charge is -2.19. The number of aromatic amines is 1. The Bertz CT molecular complexity index is 572. The van der Waals surface area contributed by atoms with Crippen molar-refractivity contribution in [3.05, 3.63) is 32.8 Å². The predicted octanol–water partition coefficient (Wildman–Crippen LogP) is -1.48. The molecule has 0 aromatic carbocycles. The fourth-order valence-electron chi connectivity index (χ4n) is 1.97. The van der Waals surface area contributed by atoms with E-state index in [4.69, 9.17) is 0 Å². The number of amides is 1. The number of nitrogens with one attached hydrogen (secondary N) is 1. The fourth-order valence-corrected chi connectivity index (χ4v) is 1.97. The van der Waals surface area contributed by atoms with E-state index in [2.05, 4.69) is 5.10 Å². The Kier molecular flexibility index (Phi) is 3.08. The van der Waals surface area contributed by atoms with Crippen LogP contribution in [0.25, 0.3) is 0 Å². The number of rotatable bonds is 2. The summed E-state index contributed by atoms with van der Waals surface area (Å²) < 4.78 is 0.970. The summed E-state index contributed by atoms with van der Waals surface area (Å²) in [5.41, 5.74) is -1.74. The Balaban J connectivity index is 2.11. The minimum absolute atomic E-state index is 0.217. The molecular weight excluding hydrogens is 238 g/mol. The van der Waals surface area contributed by atoms with Crippen LogP contribution in [0.3, 0.4) is 0 Å². The van der Waals surface area contributed by atoms with Crippen molar-refractivity contribution >= 4 is 5.91 Å². The number of hydrogen-bond acceptors (Lipinski definition) is 4. The lowest BCUT2D eigenvalue weighted by atomic mass is 10.1. The number of likely N-dealkylation sites (tertiary alicyclic amines) is 1. The summed E-state index contributed by atoms with van der Waals surface area (Å²) in [5.74, 6) is -0.295. The van der Waals surface area contributed by atoms with Gasteiger partial charge in [0.1, 0.15) is 6.54 Å². The normalized spacial score (nSPS) is 23.3. The maximum atomic E-state index is 11.9. The molecule has 18 heavy (non-hydrogen) atoms. The van der Waals surface area contributed by atoms with E-state index in [0.29, 0.717) is 13.0 Å². The summed E-state index contributed by atoms with van der Waals surface area (Å²) >= 11 is 0. The van der Waals surface area contributed by atoms with Gasteiger partial charge in [-0.05, 0) is 13.3 Å². The maximum Gasteiger partial charge on any atom is 0.265 e. The molecule has 0 spiro atoms. The SMILES string of the molecule is CC1(O)CCN(C(=O)Cn2[nH]c(=O)ccc2=O)C1. The third-order valence-corrected chi connectivity index (χ3v) is 2.99. The molecule has 1 fully saturated rings. The van der Waals surface area contributed by atoms with Crippen LogP contribution in [0.1, 0.15) is 13.3 Å². The molecule has 0 saturated carbocycles. The molecule has 1 aliphatic rings. The van der Waals surface area contributed by atoms with E-state index in [1.165, 1.54) is 4.90 Å². The molecule has 1 aromatic rings. The third kappa shape index (κ3) is 2.67. The van der Waals surface area contributed by atoms with Crippen LogP contribution in [0, 0.1) is 0 Å². The zero-order chi connectivity index (χ0) is 13.3. The molecule has 1 unspecified atom stereocenters. The van der Waals surface area contributed by atoms with Crippen molar-refractivity contribution in [2.75, 3.05) is 13.1 Å². The fraction of sp³-hybridized carbons (Fsp3) is 0.545. The number of H-pyrrole nitrogens is 1. The Labute approximate surface area is 103 Å². The van der Waals surface area contributed by atoms with Crippen molar-refractivity contribution in [2.45, 2.75) is 25.5 Å². The molecular formula is C11H15N3O4. The smallest absolute Gasteiger partial charge is 0.265 e. The largest absolute Gasteiger partial charge is 0.388 e. The zero-order valence-electron chi connectivity index (χ0n) is 10.0. The molecule has 1 amide bonds. The maximum absolute atomic E-state index is 11.9. The molecule has 0 bridgehead atoms. The van der Waals surface area contributed by atoms with Gasteiger partial charge in [0, 0.05) is 25.2 Å². The number of aromatic nitrogens is 2. The van der Waals surface area contributed by atoms with Crippen LogP contribution in [0.4, 0.5) is 0 Å². The molecule has 1 saturated heterocycles. The van der Waals surface area contributed by atoms with Crippen molar-refractivity contribution in [2.24, 2.45) is 0 Å². The van der Waals surface area contributed by atoms with E-state index in [1.807, 2.05) is 0 Å². The first-order valence-corrected chi connectivity index (χ1v) is 5.68. The van der Waals surface area contributed by atoms with Crippen molar-refractivity contribution in [1.82, 2.24) is 14.7 Å². The van der Waals surface area contributed by atoms with Crippen LogP contribution in [-0.4, -0.2) is 44.4 Å². The van der Waals surface area contributed by atoms with Gasteiger partial charge in [0.25, 0.3) is 11.1 Å². The van der Waals surface area contributed by atoms with Gasteiger partial charge in [-0.1, -0.05) is 0 Å². The Morgan fingerprint density at radius 1 is 1.50 bits per heavy atom. The van der Waals surface area contributed by atoms with Gasteiger partial charge in [-0.15, -0.1) is 0 Å². The second-order valence-electron chi connectivity index (χ2n) is 4.80. The first-order valence-electron chi connectivity index (χ1n) is 5.68. The summed E-state index contributed by atoms with van der Waals surface area (Å²) in [6, 6.07) is 2.23. The van der Waals surface area contributed by atoms with Crippen molar-refractivity contribution in [3.8, 4) is 0 Å². The van der Waals surface area contributed by atoms with Crippen molar-refractivity contribution in [1.29, 1.82) is 0 Å². The van der Waals surface area contributed by atoms with E-state index in [0.717, 1.165) is 16.8 Å². The van der Waals surface area contributed by atoms with Crippen LogP contribution in [0.15, 0.2) is 21.7 Å². The van der Waals surface area contributed by atoms with Crippen molar-refractivity contribution < 1.29 is 9.90 Å². The van der Waals surface area contributed by atoms with E-state index in [9.17, 15) is 19.5 Å². The van der Waals surface area contributed by atoms with E-state index in [-0.39, 0.29) is 19.0 Å². The minimum atomic E-state index is -0.870. The summed E-state index contributed by atoms with van der Waals surface area (Å²) in [6.45, 7) is 2.15. The van der Waals surface area contributed by atoms with Gasteiger partial charge in [0.2, 0.25) is 5.91 Å². The molecule has 0 aliphatic carbocycles. The summed E-state index contributed by atoms with van der Waals surface area (Å²) in [6.07, 6.45) is 0.513. The van der Waals surface area contributed by atoms with Crippen LogP contribution in [0.2, 0.25) is 0 Å². The Hall–Kier alpha value is -1.89. The lowest BCUT2D eigenvalue weighted by Crippen LogP contribution is -2.39. The number of carbonyl (C=O) groups excluding carboxylic acids is 1. The quantitative estimate of drug-likeness (QED) is 0.672. The van der Waals surface area contributed by atoms with Gasteiger partial charge >= 0.3 is 0 Å². The summed E-state index contributed by atoms with van der Waals surface area (Å²) in [4.78, 5) is 35.9. The average molecular weight is 253 g/mol. The van der Waals surface area contributed by atoms with Gasteiger partial charge < -0.3 is 10.0 Å². The molecule has 98 valence electrons. The Morgan fingerprint density at radius 3 is 2.83 bits per heavy atom. The lowest BCUT2D eigenvalue weighted by molar-refractivity contribution is -0.131. The topological polar surface area (TPSA) is 95.4 Å². The van der Waals surface area contributed by atoms with Crippen LogP contribution >= 0.6 is 0 Å². The average Bonchev–Trinajstić information content (AvgIpc) is 2.64. The molecule has 0 radical (unpaired) electrons. The highest BCUT2D eigenvalue weighted by Crippen LogP contribution is 2.20.